The molecule has 0 aliphatic heterocycles. The molecule has 2 aromatic rings. The molecule has 0 unspecified atom stereocenters. The third kappa shape index (κ3) is 2.44. The molecule has 1 aromatic heterocycles. The minimum atomic E-state index is 0.649. The van der Waals surface area contributed by atoms with Gasteiger partial charge in [0, 0.05) is 5.39 Å². The number of ether oxygens (including phenoxy) is 1. The molecule has 0 amide bonds. The molecule has 0 aliphatic carbocycles. The topological polar surface area (TPSA) is 48.1 Å². The van der Waals surface area contributed by atoms with Crippen molar-refractivity contribution in [3.05, 3.63) is 36.5 Å². The van der Waals surface area contributed by atoms with E-state index in [0.717, 1.165) is 23.1 Å². The van der Waals surface area contributed by atoms with Gasteiger partial charge in [-0.1, -0.05) is 18.2 Å². The largest absolute Gasteiger partial charge is 0.492 e. The van der Waals surface area contributed by atoms with Crippen LogP contribution in [0.25, 0.3) is 10.9 Å². The van der Waals surface area contributed by atoms with Crippen molar-refractivity contribution in [2.75, 3.05) is 13.2 Å². The van der Waals surface area contributed by atoms with Crippen LogP contribution in [0.1, 0.15) is 6.42 Å². The van der Waals surface area contributed by atoms with Gasteiger partial charge in [-0.15, -0.1) is 0 Å². The maximum atomic E-state index is 5.51. The van der Waals surface area contributed by atoms with E-state index < -0.39 is 0 Å². The highest BCUT2D eigenvalue weighted by molar-refractivity contribution is 5.79. The summed E-state index contributed by atoms with van der Waals surface area (Å²) in [4.78, 5) is 4.30. The lowest BCUT2D eigenvalue weighted by Crippen LogP contribution is -2.06. The third-order valence-electron chi connectivity index (χ3n) is 2.18. The summed E-state index contributed by atoms with van der Waals surface area (Å²) >= 11 is 0. The first kappa shape index (κ1) is 9.93. The Bertz CT molecular complexity index is 442. The summed E-state index contributed by atoms with van der Waals surface area (Å²) < 4.78 is 5.51. The average Bonchev–Trinajstić information content (AvgIpc) is 2.29. The Labute approximate surface area is 88.9 Å². The van der Waals surface area contributed by atoms with Crippen LogP contribution in [0.3, 0.4) is 0 Å². The molecule has 15 heavy (non-hydrogen) atoms. The van der Waals surface area contributed by atoms with Gasteiger partial charge in [0.15, 0.2) is 0 Å². The second-order valence-electron chi connectivity index (χ2n) is 3.35. The fourth-order valence-corrected chi connectivity index (χ4v) is 1.40. The highest BCUT2D eigenvalue weighted by Gasteiger charge is 1.97. The van der Waals surface area contributed by atoms with Gasteiger partial charge in [0.25, 0.3) is 0 Å². The Kier molecular flexibility index (Phi) is 3.15. The summed E-state index contributed by atoms with van der Waals surface area (Å²) in [5, 5.41) is 1.10. The molecule has 1 aromatic carbocycles. The summed E-state index contributed by atoms with van der Waals surface area (Å²) in [5.41, 5.74) is 6.38. The lowest BCUT2D eigenvalue weighted by Gasteiger charge is -2.05. The van der Waals surface area contributed by atoms with Crippen LogP contribution in [0.4, 0.5) is 0 Å². The third-order valence-corrected chi connectivity index (χ3v) is 2.18. The molecule has 0 atom stereocenters. The second-order valence-corrected chi connectivity index (χ2v) is 3.35. The summed E-state index contributed by atoms with van der Waals surface area (Å²) in [6, 6.07) is 9.98. The number of fused-ring (bicyclic) bond motifs is 1. The fourth-order valence-electron chi connectivity index (χ4n) is 1.40. The Balaban J connectivity index is 2.16. The Morgan fingerprint density at radius 2 is 2.13 bits per heavy atom. The molecule has 0 radical (unpaired) electrons. The Morgan fingerprint density at radius 1 is 1.27 bits per heavy atom. The monoisotopic (exact) mass is 202 g/mol. The second kappa shape index (κ2) is 4.75. The zero-order valence-electron chi connectivity index (χ0n) is 8.52. The number of benzene rings is 1. The summed E-state index contributed by atoms with van der Waals surface area (Å²) in [6.45, 7) is 1.30. The van der Waals surface area contributed by atoms with E-state index in [0.29, 0.717) is 13.2 Å². The molecule has 2 N–H and O–H groups in total. The van der Waals surface area contributed by atoms with Gasteiger partial charge < -0.3 is 10.5 Å². The van der Waals surface area contributed by atoms with E-state index in [9.17, 15) is 0 Å². The van der Waals surface area contributed by atoms with E-state index in [1.807, 2.05) is 30.3 Å². The molecule has 2 rings (SSSR count). The predicted octanol–water partition coefficient (Wildman–Crippen LogP) is 1.96. The molecular weight excluding hydrogens is 188 g/mol. The molecule has 0 spiro atoms. The van der Waals surface area contributed by atoms with Crippen LogP contribution >= 0.6 is 0 Å². The lowest BCUT2D eigenvalue weighted by molar-refractivity contribution is 0.313. The van der Waals surface area contributed by atoms with Crippen LogP contribution in [0, 0.1) is 0 Å². The Hall–Kier alpha value is -1.61. The fraction of sp³-hybridized carbons (Fsp3) is 0.250. The van der Waals surface area contributed by atoms with Crippen molar-refractivity contribution in [3.8, 4) is 5.75 Å². The van der Waals surface area contributed by atoms with E-state index in [1.165, 1.54) is 0 Å². The molecule has 0 bridgehead atoms. The van der Waals surface area contributed by atoms with Gasteiger partial charge in [0.1, 0.15) is 5.75 Å². The standard InChI is InChI=1S/C12H14N2O/c13-6-3-7-15-11-8-10-4-1-2-5-12(10)14-9-11/h1-2,4-5,8-9H,3,6-7,13H2. The molecule has 0 fully saturated rings. The zero-order chi connectivity index (χ0) is 10.5. The smallest absolute Gasteiger partial charge is 0.138 e. The Morgan fingerprint density at radius 3 is 3.00 bits per heavy atom. The number of nitrogens with zero attached hydrogens (tertiary/aromatic N) is 1. The number of pyridine rings is 1. The van der Waals surface area contributed by atoms with Crippen LogP contribution < -0.4 is 10.5 Å². The first-order chi connectivity index (χ1) is 7.40. The molecule has 0 saturated carbocycles. The molecule has 3 heteroatoms. The minimum absolute atomic E-state index is 0.649. The quantitative estimate of drug-likeness (QED) is 0.771. The van der Waals surface area contributed by atoms with Crippen molar-refractivity contribution in [2.45, 2.75) is 6.42 Å². The van der Waals surface area contributed by atoms with Crippen molar-refractivity contribution >= 4 is 10.9 Å². The number of nitrogens with two attached hydrogens (primary N) is 1. The van der Waals surface area contributed by atoms with Crippen molar-refractivity contribution in [3.63, 3.8) is 0 Å². The maximum Gasteiger partial charge on any atom is 0.138 e. The molecular formula is C12H14N2O. The van der Waals surface area contributed by atoms with Crippen LogP contribution in [-0.4, -0.2) is 18.1 Å². The highest BCUT2D eigenvalue weighted by atomic mass is 16.5. The van der Waals surface area contributed by atoms with E-state index in [2.05, 4.69) is 4.98 Å². The zero-order valence-corrected chi connectivity index (χ0v) is 8.52. The number of aromatic nitrogens is 1. The summed E-state index contributed by atoms with van der Waals surface area (Å²) in [6.07, 6.45) is 2.62. The van der Waals surface area contributed by atoms with Crippen molar-refractivity contribution in [1.29, 1.82) is 0 Å². The summed E-state index contributed by atoms with van der Waals surface area (Å²) in [7, 11) is 0. The number of hydrogen-bond donors (Lipinski definition) is 1. The average molecular weight is 202 g/mol. The first-order valence-electron chi connectivity index (χ1n) is 5.08. The SMILES string of the molecule is NCCCOc1cnc2ccccc2c1. The molecule has 0 saturated heterocycles. The van der Waals surface area contributed by atoms with Gasteiger partial charge in [0.05, 0.1) is 18.3 Å². The van der Waals surface area contributed by atoms with Gasteiger partial charge in [-0.3, -0.25) is 4.98 Å². The van der Waals surface area contributed by atoms with Crippen LogP contribution in [-0.2, 0) is 0 Å². The molecule has 1 heterocycles. The van der Waals surface area contributed by atoms with E-state index >= 15 is 0 Å². The normalized spacial score (nSPS) is 10.5. The maximum absolute atomic E-state index is 5.51. The predicted molar refractivity (Wildman–Crippen MR) is 60.9 cm³/mol. The first-order valence-corrected chi connectivity index (χ1v) is 5.08. The van der Waals surface area contributed by atoms with Crippen LogP contribution in [0.5, 0.6) is 5.75 Å². The number of hydrogen-bond acceptors (Lipinski definition) is 3. The van der Waals surface area contributed by atoms with Crippen LogP contribution in [0.2, 0.25) is 0 Å². The lowest BCUT2D eigenvalue weighted by atomic mass is 10.2. The van der Waals surface area contributed by atoms with Gasteiger partial charge in [-0.2, -0.15) is 0 Å². The minimum Gasteiger partial charge on any atom is -0.492 e. The molecule has 3 nitrogen and oxygen atoms in total. The van der Waals surface area contributed by atoms with Crippen LogP contribution in [0.15, 0.2) is 36.5 Å². The number of para-hydroxylation sites is 1. The van der Waals surface area contributed by atoms with Gasteiger partial charge in [-0.25, -0.2) is 0 Å². The van der Waals surface area contributed by atoms with E-state index in [1.54, 1.807) is 6.20 Å². The van der Waals surface area contributed by atoms with Gasteiger partial charge in [0.2, 0.25) is 0 Å². The number of rotatable bonds is 4. The van der Waals surface area contributed by atoms with Gasteiger partial charge in [-0.05, 0) is 25.1 Å². The highest BCUT2D eigenvalue weighted by Crippen LogP contribution is 2.17. The van der Waals surface area contributed by atoms with E-state index in [-0.39, 0.29) is 0 Å². The van der Waals surface area contributed by atoms with Crippen molar-refractivity contribution < 1.29 is 4.74 Å². The van der Waals surface area contributed by atoms with Crippen molar-refractivity contribution in [1.82, 2.24) is 4.98 Å². The van der Waals surface area contributed by atoms with E-state index in [4.69, 9.17) is 10.5 Å². The summed E-state index contributed by atoms with van der Waals surface area (Å²) in [5.74, 6) is 0.808. The van der Waals surface area contributed by atoms with Crippen molar-refractivity contribution in [2.24, 2.45) is 5.73 Å². The van der Waals surface area contributed by atoms with Gasteiger partial charge >= 0.3 is 0 Å². The molecule has 78 valence electrons. The molecule has 0 aliphatic rings.